The Morgan fingerprint density at radius 3 is 2.77 bits per heavy atom. The minimum absolute atomic E-state index is 0.153. The second-order valence-electron chi connectivity index (χ2n) is 6.88. The van der Waals surface area contributed by atoms with Crippen molar-refractivity contribution in [3.8, 4) is 6.01 Å². The van der Waals surface area contributed by atoms with E-state index in [2.05, 4.69) is 15.0 Å². The summed E-state index contributed by atoms with van der Waals surface area (Å²) in [5, 5.41) is 11.1. The number of benzene rings is 1. The van der Waals surface area contributed by atoms with Crippen LogP contribution in [0.4, 0.5) is 24.0 Å². The maximum Gasteiger partial charge on any atom is 0.416 e. The molecule has 1 saturated heterocycles. The number of non-ortho nitro benzene ring substituents is 1. The zero-order valence-corrected chi connectivity index (χ0v) is 16.7. The van der Waals surface area contributed by atoms with Crippen LogP contribution in [0, 0.1) is 17.0 Å². The van der Waals surface area contributed by atoms with Crippen molar-refractivity contribution in [1.29, 1.82) is 0 Å². The zero-order chi connectivity index (χ0) is 22.3. The van der Waals surface area contributed by atoms with Gasteiger partial charge in [-0.3, -0.25) is 14.9 Å². The van der Waals surface area contributed by atoms with Gasteiger partial charge in [-0.1, -0.05) is 11.3 Å². The minimum atomic E-state index is -4.83. The van der Waals surface area contributed by atoms with Crippen LogP contribution in [-0.2, 0) is 6.18 Å². The molecule has 162 valence electrons. The Bertz CT molecular complexity index is 1230. The first-order valence-corrected chi connectivity index (χ1v) is 9.85. The Balaban J connectivity index is 1.67. The fourth-order valence-electron chi connectivity index (χ4n) is 3.21. The molecule has 3 aromatic rings. The molecule has 1 aliphatic heterocycles. The monoisotopic (exact) mass is 453 g/mol. The predicted molar refractivity (Wildman–Crippen MR) is 106 cm³/mol. The van der Waals surface area contributed by atoms with E-state index in [1.54, 1.807) is 24.1 Å². The molecule has 0 spiro atoms. The molecule has 4 rings (SSSR count). The standard InChI is InChI=1S/C18H14F3N5O4S/c1-9-2-4-22-16(23-9)30-11-3-5-25(8-11)17-24-15(27)12-6-10(18(19,20)21)7-13(26(28)29)14(12)31-17/h2,4,6-7,11H,3,5,8H2,1H3/t11-/m1/s1. The van der Waals surface area contributed by atoms with Gasteiger partial charge in [-0.15, -0.1) is 0 Å². The van der Waals surface area contributed by atoms with E-state index >= 15 is 0 Å². The molecule has 0 unspecified atom stereocenters. The van der Waals surface area contributed by atoms with E-state index in [0.717, 1.165) is 17.0 Å². The number of nitro benzene ring substituents is 1. The van der Waals surface area contributed by atoms with Gasteiger partial charge in [0.05, 0.1) is 22.4 Å². The third-order valence-electron chi connectivity index (χ3n) is 4.67. The van der Waals surface area contributed by atoms with Crippen molar-refractivity contribution < 1.29 is 22.8 Å². The molecule has 1 fully saturated rings. The van der Waals surface area contributed by atoms with Crippen molar-refractivity contribution >= 4 is 32.2 Å². The molecule has 3 heterocycles. The van der Waals surface area contributed by atoms with Crippen molar-refractivity contribution in [2.24, 2.45) is 0 Å². The molecule has 13 heteroatoms. The first kappa shape index (κ1) is 20.9. The number of nitro groups is 1. The average Bonchev–Trinajstić information content (AvgIpc) is 3.15. The molecule has 9 nitrogen and oxygen atoms in total. The summed E-state index contributed by atoms with van der Waals surface area (Å²) in [5.41, 5.74) is -2.27. The molecule has 0 radical (unpaired) electrons. The van der Waals surface area contributed by atoms with Crippen LogP contribution in [0.1, 0.15) is 17.7 Å². The van der Waals surface area contributed by atoms with Gasteiger partial charge in [0.25, 0.3) is 11.2 Å². The summed E-state index contributed by atoms with van der Waals surface area (Å²) < 4.78 is 44.9. The molecule has 0 aliphatic carbocycles. The van der Waals surface area contributed by atoms with Crippen molar-refractivity contribution in [2.75, 3.05) is 18.0 Å². The fourth-order valence-corrected chi connectivity index (χ4v) is 4.31. The summed E-state index contributed by atoms with van der Waals surface area (Å²) >= 11 is 0.802. The Morgan fingerprint density at radius 1 is 1.32 bits per heavy atom. The highest BCUT2D eigenvalue weighted by Gasteiger charge is 2.35. The third kappa shape index (κ3) is 4.26. The number of ether oxygens (including phenoxy) is 1. The lowest BCUT2D eigenvalue weighted by Gasteiger charge is -2.17. The van der Waals surface area contributed by atoms with Crippen molar-refractivity contribution in [2.45, 2.75) is 25.6 Å². The van der Waals surface area contributed by atoms with Crippen LogP contribution in [0.15, 0.2) is 29.2 Å². The number of fused-ring (bicyclic) bond motifs is 1. The summed E-state index contributed by atoms with van der Waals surface area (Å²) in [6.45, 7) is 2.56. The van der Waals surface area contributed by atoms with Crippen LogP contribution in [0.3, 0.4) is 0 Å². The molecule has 1 aliphatic rings. The van der Waals surface area contributed by atoms with E-state index in [1.165, 1.54) is 0 Å². The van der Waals surface area contributed by atoms with Gasteiger partial charge in [-0.05, 0) is 19.1 Å². The smallest absolute Gasteiger partial charge is 0.416 e. The molecule has 0 N–H and O–H groups in total. The average molecular weight is 453 g/mol. The molecule has 1 atom stereocenters. The highest BCUT2D eigenvalue weighted by molar-refractivity contribution is 7.22. The molecular formula is C18H14F3N5O4S. The number of hydrogen-bond acceptors (Lipinski definition) is 9. The topological polar surface area (TPSA) is 111 Å². The molecule has 0 bridgehead atoms. The van der Waals surface area contributed by atoms with Gasteiger partial charge >= 0.3 is 12.2 Å². The van der Waals surface area contributed by atoms with Gasteiger partial charge in [0, 0.05) is 30.9 Å². The first-order chi connectivity index (χ1) is 14.6. The Morgan fingerprint density at radius 2 is 2.10 bits per heavy atom. The zero-order valence-electron chi connectivity index (χ0n) is 15.9. The quantitative estimate of drug-likeness (QED) is 0.437. The lowest BCUT2D eigenvalue weighted by atomic mass is 10.1. The number of aryl methyl sites for hydroxylation is 1. The number of aromatic nitrogens is 3. The molecule has 0 amide bonds. The summed E-state index contributed by atoms with van der Waals surface area (Å²) in [6.07, 6.45) is -3.00. The van der Waals surface area contributed by atoms with E-state index in [9.17, 15) is 28.1 Å². The van der Waals surface area contributed by atoms with Crippen LogP contribution < -0.4 is 15.2 Å². The van der Waals surface area contributed by atoms with E-state index in [4.69, 9.17) is 4.74 Å². The van der Waals surface area contributed by atoms with Crippen molar-refractivity contribution in [1.82, 2.24) is 15.0 Å². The largest absolute Gasteiger partial charge is 0.458 e. The van der Waals surface area contributed by atoms with Gasteiger partial charge in [-0.25, -0.2) is 9.97 Å². The maximum absolute atomic E-state index is 13.1. The lowest BCUT2D eigenvalue weighted by molar-refractivity contribution is -0.383. The second-order valence-corrected chi connectivity index (χ2v) is 7.86. The fraction of sp³-hybridized carbons (Fsp3) is 0.333. The van der Waals surface area contributed by atoms with Crippen LogP contribution in [-0.4, -0.2) is 39.1 Å². The van der Waals surface area contributed by atoms with Crippen molar-refractivity contribution in [3.05, 3.63) is 56.1 Å². The predicted octanol–water partition coefficient (Wildman–Crippen LogP) is 3.34. The minimum Gasteiger partial charge on any atom is -0.458 e. The maximum atomic E-state index is 13.1. The van der Waals surface area contributed by atoms with Crippen LogP contribution in [0.2, 0.25) is 0 Å². The van der Waals surface area contributed by atoms with E-state index < -0.39 is 33.3 Å². The summed E-state index contributed by atoms with van der Waals surface area (Å²) in [4.78, 5) is 36.7. The molecule has 1 aromatic carbocycles. The molecular weight excluding hydrogens is 439 g/mol. The van der Waals surface area contributed by atoms with Gasteiger partial charge in [0.15, 0.2) is 5.13 Å². The van der Waals surface area contributed by atoms with E-state index in [0.29, 0.717) is 31.6 Å². The SMILES string of the molecule is Cc1ccnc(O[C@@H]2CCN(c3nc(=O)c4cc(C(F)(F)F)cc([N+](=O)[O-])c4s3)C2)n1. The summed E-state index contributed by atoms with van der Waals surface area (Å²) in [6, 6.07) is 2.97. The highest BCUT2D eigenvalue weighted by atomic mass is 32.1. The number of anilines is 1. The number of nitrogens with zero attached hydrogens (tertiary/aromatic N) is 5. The van der Waals surface area contributed by atoms with Gasteiger partial charge in [0.2, 0.25) is 0 Å². The van der Waals surface area contributed by atoms with Crippen LogP contribution in [0.25, 0.3) is 10.1 Å². The molecule has 31 heavy (non-hydrogen) atoms. The highest BCUT2D eigenvalue weighted by Crippen LogP contribution is 2.38. The molecule has 0 saturated carbocycles. The Labute approximate surface area is 176 Å². The number of rotatable bonds is 4. The van der Waals surface area contributed by atoms with Crippen LogP contribution in [0.5, 0.6) is 6.01 Å². The lowest BCUT2D eigenvalue weighted by Crippen LogP contribution is -2.26. The Hall–Kier alpha value is -3.35. The van der Waals surface area contributed by atoms with Gasteiger partial charge in [0.1, 0.15) is 10.8 Å². The van der Waals surface area contributed by atoms with E-state index in [-0.39, 0.29) is 21.9 Å². The van der Waals surface area contributed by atoms with Crippen molar-refractivity contribution in [3.63, 3.8) is 0 Å². The molecule has 2 aromatic heterocycles. The van der Waals surface area contributed by atoms with Gasteiger partial charge in [-0.2, -0.15) is 18.2 Å². The van der Waals surface area contributed by atoms with E-state index in [1.807, 2.05) is 0 Å². The number of alkyl halides is 3. The Kier molecular flexibility index (Phi) is 5.21. The summed E-state index contributed by atoms with van der Waals surface area (Å²) in [5.74, 6) is 0. The second kappa shape index (κ2) is 7.72. The van der Waals surface area contributed by atoms with Crippen LogP contribution >= 0.6 is 11.3 Å². The third-order valence-corrected chi connectivity index (χ3v) is 5.84. The first-order valence-electron chi connectivity index (χ1n) is 9.03. The number of hydrogen-bond donors (Lipinski definition) is 0. The van der Waals surface area contributed by atoms with Gasteiger partial charge < -0.3 is 9.64 Å². The normalized spacial score (nSPS) is 16.6. The number of halogens is 3. The summed E-state index contributed by atoms with van der Waals surface area (Å²) in [7, 11) is 0.